The van der Waals surface area contributed by atoms with Crippen LogP contribution in [0, 0.1) is 0 Å². The number of para-hydroxylation sites is 1. The highest BCUT2D eigenvalue weighted by Crippen LogP contribution is 2.17. The average molecular weight is 468 g/mol. The highest BCUT2D eigenvalue weighted by atomic mass is 32.2. The van der Waals surface area contributed by atoms with Crippen LogP contribution in [0.2, 0.25) is 0 Å². The van der Waals surface area contributed by atoms with Gasteiger partial charge in [0.25, 0.3) is 5.91 Å². The van der Waals surface area contributed by atoms with E-state index in [1.54, 1.807) is 18.2 Å². The molecule has 3 aromatic carbocycles. The number of carbonyl (C=O) groups is 3. The quantitative estimate of drug-likeness (QED) is 0.434. The third-order valence-corrected chi connectivity index (χ3v) is 5.32. The van der Waals surface area contributed by atoms with Gasteiger partial charge in [-0.2, -0.15) is 0 Å². The van der Waals surface area contributed by atoms with Crippen LogP contribution in [0.15, 0.2) is 83.8 Å². The summed E-state index contributed by atoms with van der Waals surface area (Å²) in [5, 5.41) is 10.2. The van der Waals surface area contributed by atoms with Crippen molar-refractivity contribution in [1.82, 2.24) is 0 Å². The van der Waals surface area contributed by atoms with Crippen LogP contribution in [0.25, 0.3) is 0 Å². The van der Waals surface area contributed by atoms with Gasteiger partial charge in [-0.05, 0) is 35.9 Å². The molecule has 10 heteroatoms. The summed E-state index contributed by atoms with van der Waals surface area (Å²) in [4.78, 5) is 36.8. The van der Waals surface area contributed by atoms with E-state index in [1.165, 1.54) is 30.3 Å². The van der Waals surface area contributed by atoms with Crippen LogP contribution >= 0.6 is 0 Å². The standard InChI is InChI=1S/C23H21N3O6S/c24-33(30,31)18-10-6-9-17(14-18)25-22(28)15-32-23(29)19-11-4-5-12-20(19)26-21(27)13-16-7-2-1-3-8-16/h1-12,14H,13,15H2,(H,25,28)(H,26,27)(H2,24,30,31). The lowest BCUT2D eigenvalue weighted by molar-refractivity contribution is -0.119. The Morgan fingerprint density at radius 1 is 0.818 bits per heavy atom. The fourth-order valence-electron chi connectivity index (χ4n) is 2.90. The Morgan fingerprint density at radius 3 is 2.24 bits per heavy atom. The van der Waals surface area contributed by atoms with E-state index >= 15 is 0 Å². The first-order valence-corrected chi connectivity index (χ1v) is 11.3. The molecule has 0 atom stereocenters. The van der Waals surface area contributed by atoms with Gasteiger partial charge in [0, 0.05) is 5.69 Å². The number of carbonyl (C=O) groups excluding carboxylic acids is 3. The SMILES string of the molecule is NS(=O)(=O)c1cccc(NC(=O)COC(=O)c2ccccc2NC(=O)Cc2ccccc2)c1. The monoisotopic (exact) mass is 467 g/mol. The third kappa shape index (κ3) is 6.99. The summed E-state index contributed by atoms with van der Waals surface area (Å²) in [5.41, 5.74) is 1.34. The summed E-state index contributed by atoms with van der Waals surface area (Å²) in [6.45, 7) is -0.620. The maximum absolute atomic E-state index is 12.5. The lowest BCUT2D eigenvalue weighted by Gasteiger charge is -2.11. The number of amides is 2. The van der Waals surface area contributed by atoms with Crippen LogP contribution in [0.5, 0.6) is 0 Å². The van der Waals surface area contributed by atoms with Crippen LogP contribution in [0.1, 0.15) is 15.9 Å². The minimum absolute atomic E-state index is 0.0861. The number of nitrogens with two attached hydrogens (primary N) is 1. The van der Waals surface area contributed by atoms with Crippen LogP contribution < -0.4 is 15.8 Å². The molecule has 0 radical (unpaired) electrons. The molecule has 9 nitrogen and oxygen atoms in total. The van der Waals surface area contributed by atoms with E-state index in [1.807, 2.05) is 30.3 Å². The molecule has 0 saturated carbocycles. The van der Waals surface area contributed by atoms with Gasteiger partial charge in [0.15, 0.2) is 6.61 Å². The Labute approximate surface area is 190 Å². The molecule has 0 fully saturated rings. The van der Waals surface area contributed by atoms with Crippen molar-refractivity contribution in [3.63, 3.8) is 0 Å². The molecule has 0 aromatic heterocycles. The van der Waals surface area contributed by atoms with E-state index in [-0.39, 0.29) is 34.2 Å². The number of esters is 1. The number of hydrogen-bond donors (Lipinski definition) is 3. The zero-order valence-corrected chi connectivity index (χ0v) is 18.2. The maximum atomic E-state index is 12.5. The van der Waals surface area contributed by atoms with Gasteiger partial charge in [-0.3, -0.25) is 9.59 Å². The van der Waals surface area contributed by atoms with Crippen molar-refractivity contribution in [2.75, 3.05) is 17.2 Å². The molecule has 33 heavy (non-hydrogen) atoms. The van der Waals surface area contributed by atoms with Crippen molar-refractivity contribution in [1.29, 1.82) is 0 Å². The number of ether oxygens (including phenoxy) is 1. The van der Waals surface area contributed by atoms with Crippen LogP contribution in [-0.2, 0) is 30.8 Å². The summed E-state index contributed by atoms with van der Waals surface area (Å²) in [5.74, 6) is -1.80. The summed E-state index contributed by atoms with van der Waals surface area (Å²) in [7, 11) is -3.93. The molecule has 0 bridgehead atoms. The van der Waals surface area contributed by atoms with Crippen molar-refractivity contribution in [2.24, 2.45) is 5.14 Å². The van der Waals surface area contributed by atoms with Crippen molar-refractivity contribution >= 4 is 39.2 Å². The number of benzene rings is 3. The van der Waals surface area contributed by atoms with Gasteiger partial charge in [-0.15, -0.1) is 0 Å². The predicted molar refractivity (Wildman–Crippen MR) is 122 cm³/mol. The molecule has 2 amide bonds. The largest absolute Gasteiger partial charge is 0.452 e. The Bertz CT molecular complexity index is 1280. The molecular weight excluding hydrogens is 446 g/mol. The first kappa shape index (κ1) is 23.6. The molecular formula is C23H21N3O6S. The molecule has 0 heterocycles. The van der Waals surface area contributed by atoms with Crippen LogP contribution in [-0.4, -0.2) is 32.8 Å². The number of nitrogens with one attached hydrogen (secondary N) is 2. The van der Waals surface area contributed by atoms with Crippen molar-refractivity contribution in [3.05, 3.63) is 90.0 Å². The summed E-state index contributed by atoms with van der Waals surface area (Å²) >= 11 is 0. The van der Waals surface area contributed by atoms with Gasteiger partial charge in [-0.1, -0.05) is 48.5 Å². The number of rotatable bonds is 8. The number of primary sulfonamides is 1. The molecule has 0 aliphatic rings. The van der Waals surface area contributed by atoms with E-state index in [4.69, 9.17) is 9.88 Å². The number of sulfonamides is 1. The Kier molecular flexibility index (Phi) is 7.54. The van der Waals surface area contributed by atoms with Crippen molar-refractivity contribution in [3.8, 4) is 0 Å². The lowest BCUT2D eigenvalue weighted by Crippen LogP contribution is -2.22. The van der Waals surface area contributed by atoms with Gasteiger partial charge < -0.3 is 15.4 Å². The van der Waals surface area contributed by atoms with Crippen LogP contribution in [0.3, 0.4) is 0 Å². The zero-order valence-electron chi connectivity index (χ0n) is 17.4. The topological polar surface area (TPSA) is 145 Å². The van der Waals surface area contributed by atoms with E-state index < -0.39 is 28.5 Å². The van der Waals surface area contributed by atoms with E-state index in [9.17, 15) is 22.8 Å². The zero-order chi connectivity index (χ0) is 23.8. The Hall–Kier alpha value is -4.02. The molecule has 0 aliphatic carbocycles. The second-order valence-electron chi connectivity index (χ2n) is 6.95. The van der Waals surface area contributed by atoms with E-state index in [2.05, 4.69) is 10.6 Å². The smallest absolute Gasteiger partial charge is 0.340 e. The normalized spacial score (nSPS) is 10.8. The van der Waals surface area contributed by atoms with Gasteiger partial charge in [-0.25, -0.2) is 18.4 Å². The summed E-state index contributed by atoms with van der Waals surface area (Å²) in [6.07, 6.45) is 0.129. The third-order valence-electron chi connectivity index (χ3n) is 4.41. The molecule has 0 unspecified atom stereocenters. The van der Waals surface area contributed by atoms with Gasteiger partial charge >= 0.3 is 5.97 Å². The molecule has 3 rings (SSSR count). The highest BCUT2D eigenvalue weighted by molar-refractivity contribution is 7.89. The molecule has 0 saturated heterocycles. The van der Waals surface area contributed by atoms with Crippen molar-refractivity contribution < 1.29 is 27.5 Å². The van der Waals surface area contributed by atoms with E-state index in [0.29, 0.717) is 0 Å². The summed E-state index contributed by atoms with van der Waals surface area (Å²) in [6, 6.07) is 20.7. The van der Waals surface area contributed by atoms with Crippen LogP contribution in [0.4, 0.5) is 11.4 Å². The summed E-state index contributed by atoms with van der Waals surface area (Å²) < 4.78 is 27.9. The number of anilines is 2. The first-order chi connectivity index (χ1) is 15.7. The fourth-order valence-corrected chi connectivity index (χ4v) is 3.46. The minimum atomic E-state index is -3.93. The van der Waals surface area contributed by atoms with Gasteiger partial charge in [0.2, 0.25) is 15.9 Å². The fraction of sp³-hybridized carbons (Fsp3) is 0.0870. The van der Waals surface area contributed by atoms with Gasteiger partial charge in [0.05, 0.1) is 22.6 Å². The Balaban J connectivity index is 1.59. The molecule has 170 valence electrons. The second-order valence-corrected chi connectivity index (χ2v) is 8.51. The van der Waals surface area contributed by atoms with Gasteiger partial charge in [0.1, 0.15) is 0 Å². The molecule has 4 N–H and O–H groups in total. The maximum Gasteiger partial charge on any atom is 0.340 e. The average Bonchev–Trinajstić information content (AvgIpc) is 2.78. The van der Waals surface area contributed by atoms with Crippen molar-refractivity contribution in [2.45, 2.75) is 11.3 Å². The first-order valence-electron chi connectivity index (χ1n) is 9.75. The Morgan fingerprint density at radius 2 is 1.52 bits per heavy atom. The minimum Gasteiger partial charge on any atom is -0.452 e. The predicted octanol–water partition coefficient (Wildman–Crippen LogP) is 2.31. The van der Waals surface area contributed by atoms with E-state index in [0.717, 1.165) is 5.56 Å². The second kappa shape index (κ2) is 10.5. The molecule has 0 aliphatic heterocycles. The lowest BCUT2D eigenvalue weighted by atomic mass is 10.1. The highest BCUT2D eigenvalue weighted by Gasteiger charge is 2.16. The molecule has 0 spiro atoms. The molecule has 3 aromatic rings. The number of hydrogen-bond acceptors (Lipinski definition) is 6.